The average Bonchev–Trinajstić information content (AvgIpc) is 2.62. The van der Waals surface area contributed by atoms with Gasteiger partial charge in [0.25, 0.3) is 0 Å². The first-order valence-electron chi connectivity index (χ1n) is 8.63. The van der Waals surface area contributed by atoms with E-state index in [0.29, 0.717) is 5.54 Å². The van der Waals surface area contributed by atoms with Crippen LogP contribution in [0.25, 0.3) is 21.5 Å². The van der Waals surface area contributed by atoms with Crippen LogP contribution >= 0.6 is 0 Å². The van der Waals surface area contributed by atoms with E-state index in [0.717, 1.165) is 10.2 Å². The third-order valence-electron chi connectivity index (χ3n) is 5.28. The molecule has 0 radical (unpaired) electrons. The summed E-state index contributed by atoms with van der Waals surface area (Å²) in [4.78, 5) is 0. The molecule has 0 aromatic heterocycles. The van der Waals surface area contributed by atoms with Crippen LogP contribution in [0.5, 0.6) is 0 Å². The Kier molecular flexibility index (Phi) is 3.74. The van der Waals surface area contributed by atoms with E-state index in [9.17, 15) is 0 Å². The van der Waals surface area contributed by atoms with Crippen molar-refractivity contribution < 1.29 is 0 Å². The largest absolute Gasteiger partial charge is 0.0616 e. The topological polar surface area (TPSA) is 0 Å². The van der Waals surface area contributed by atoms with Gasteiger partial charge in [0.15, 0.2) is 0 Å². The highest BCUT2D eigenvalue weighted by Crippen LogP contribution is 2.34. The molecule has 0 N–H and O–H groups in total. The van der Waals surface area contributed by atoms with Crippen LogP contribution in [-0.2, 0) is 0 Å². The lowest BCUT2D eigenvalue weighted by Gasteiger charge is -2.19. The summed E-state index contributed by atoms with van der Waals surface area (Å²) in [6.45, 7) is 4.41. The van der Waals surface area contributed by atoms with E-state index in [2.05, 4.69) is 86.6 Å². The Bertz CT molecular complexity index is 961. The monoisotopic (exact) mass is 326 g/mol. The minimum absolute atomic E-state index is 0.501. The van der Waals surface area contributed by atoms with Crippen LogP contribution in [0.4, 0.5) is 0 Å². The minimum atomic E-state index is 0.501. The maximum atomic E-state index is 2.34. The molecule has 4 aromatic carbocycles. The maximum absolute atomic E-state index is 2.34. The zero-order chi connectivity index (χ0) is 16.7. The van der Waals surface area contributed by atoms with Crippen molar-refractivity contribution in [2.24, 2.45) is 0 Å². The zero-order valence-corrected chi connectivity index (χ0v) is 16.5. The number of rotatable bonds is 2. The van der Waals surface area contributed by atoms with Crippen molar-refractivity contribution in [2.75, 3.05) is 0 Å². The summed E-state index contributed by atoms with van der Waals surface area (Å²) in [5, 5.41) is 5.57. The molecule has 0 aliphatic heterocycles. The number of hydrogen-bond acceptors (Lipinski definition) is 0. The normalized spacial score (nSPS) is 11.6. The van der Waals surface area contributed by atoms with E-state index in [1.54, 1.807) is 0 Å². The highest BCUT2D eigenvalue weighted by Gasteiger charge is 2.15. The fourth-order valence-electron chi connectivity index (χ4n) is 3.87. The van der Waals surface area contributed by atoms with Gasteiger partial charge in [-0.1, -0.05) is 72.8 Å². The summed E-state index contributed by atoms with van der Waals surface area (Å²) in [5.41, 5.74) is 6.16. The summed E-state index contributed by atoms with van der Waals surface area (Å²) in [7, 11) is 1.10. The summed E-state index contributed by atoms with van der Waals surface area (Å²) in [5.74, 6) is 0. The lowest BCUT2D eigenvalue weighted by molar-refractivity contribution is 1.17. The molecule has 0 nitrogen and oxygen atoms in total. The Morgan fingerprint density at radius 2 is 0.917 bits per heavy atom. The van der Waals surface area contributed by atoms with Gasteiger partial charge in [-0.3, -0.25) is 0 Å². The highest BCUT2D eigenvalue weighted by atomic mass is 28.1. The SMILES string of the molecule is Cc1ccc(C([SiH3])c2ccc(C)c3ccccc23)c2ccccc12. The molecule has 0 saturated carbocycles. The van der Waals surface area contributed by atoms with Gasteiger partial charge in [0, 0.05) is 10.2 Å². The van der Waals surface area contributed by atoms with Crippen LogP contribution in [0, 0.1) is 13.8 Å². The van der Waals surface area contributed by atoms with E-state index in [-0.39, 0.29) is 0 Å². The van der Waals surface area contributed by atoms with E-state index >= 15 is 0 Å². The van der Waals surface area contributed by atoms with Gasteiger partial charge < -0.3 is 0 Å². The lowest BCUT2D eigenvalue weighted by atomic mass is 9.92. The minimum Gasteiger partial charge on any atom is -0.0616 e. The molecule has 0 bridgehead atoms. The first-order chi connectivity index (χ1) is 11.7. The highest BCUT2D eigenvalue weighted by molar-refractivity contribution is 6.17. The Balaban J connectivity index is 1.97. The van der Waals surface area contributed by atoms with E-state index < -0.39 is 0 Å². The number of aryl methyl sites for hydroxylation is 2. The third kappa shape index (κ3) is 2.37. The molecule has 24 heavy (non-hydrogen) atoms. The van der Waals surface area contributed by atoms with Crippen molar-refractivity contribution in [1.82, 2.24) is 0 Å². The molecule has 0 saturated heterocycles. The Morgan fingerprint density at radius 3 is 1.33 bits per heavy atom. The molecule has 0 aliphatic carbocycles. The summed E-state index contributed by atoms with van der Waals surface area (Å²) < 4.78 is 0. The van der Waals surface area contributed by atoms with Crippen molar-refractivity contribution in [3.8, 4) is 0 Å². The van der Waals surface area contributed by atoms with Gasteiger partial charge in [0.2, 0.25) is 0 Å². The van der Waals surface area contributed by atoms with E-state index in [1.807, 2.05) is 0 Å². The molecule has 4 aromatic rings. The molecule has 1 heteroatoms. The third-order valence-corrected chi connectivity index (χ3v) is 6.53. The quantitative estimate of drug-likeness (QED) is 0.451. The van der Waals surface area contributed by atoms with Gasteiger partial charge in [-0.05, 0) is 63.2 Å². The Labute approximate surface area is 146 Å². The van der Waals surface area contributed by atoms with Crippen LogP contribution in [0.2, 0.25) is 0 Å². The van der Waals surface area contributed by atoms with Crippen molar-refractivity contribution in [3.05, 3.63) is 95.1 Å². The molecular weight excluding hydrogens is 304 g/mol. The van der Waals surface area contributed by atoms with Gasteiger partial charge >= 0.3 is 0 Å². The van der Waals surface area contributed by atoms with Gasteiger partial charge in [-0.15, -0.1) is 0 Å². The summed E-state index contributed by atoms with van der Waals surface area (Å²) in [6.07, 6.45) is 0. The molecule has 0 fully saturated rings. The molecule has 0 amide bonds. The first-order valence-corrected chi connectivity index (χ1v) is 9.79. The van der Waals surface area contributed by atoms with Crippen LogP contribution in [-0.4, -0.2) is 10.2 Å². The predicted octanol–water partition coefficient (Wildman–Crippen LogP) is 5.06. The fraction of sp³-hybridized carbons (Fsp3) is 0.130. The molecular formula is C23H22Si. The van der Waals surface area contributed by atoms with E-state index in [1.165, 1.54) is 43.8 Å². The molecule has 0 aliphatic rings. The second-order valence-electron chi connectivity index (χ2n) is 6.76. The van der Waals surface area contributed by atoms with Gasteiger partial charge in [-0.25, -0.2) is 0 Å². The Morgan fingerprint density at radius 1 is 0.542 bits per heavy atom. The lowest BCUT2D eigenvalue weighted by Crippen LogP contribution is -2.03. The fourth-order valence-corrected chi connectivity index (χ4v) is 4.88. The number of benzene rings is 4. The average molecular weight is 327 g/mol. The Hall–Kier alpha value is -2.38. The second kappa shape index (κ2) is 5.92. The zero-order valence-electron chi connectivity index (χ0n) is 14.5. The standard InChI is InChI=1S/C23H22Si/c1-15-11-13-21(19-9-5-3-7-17(15)19)23(24)22-14-12-16(2)18-8-4-6-10-20(18)22/h3-14,23H,1-2,24H3. The smallest absolute Gasteiger partial charge is 0.0179 e. The molecule has 0 unspecified atom stereocenters. The molecule has 0 heterocycles. The van der Waals surface area contributed by atoms with Gasteiger partial charge in [0.05, 0.1) is 0 Å². The van der Waals surface area contributed by atoms with Crippen molar-refractivity contribution in [2.45, 2.75) is 19.4 Å². The van der Waals surface area contributed by atoms with Crippen molar-refractivity contribution >= 4 is 31.8 Å². The van der Waals surface area contributed by atoms with Gasteiger partial charge in [-0.2, -0.15) is 0 Å². The summed E-state index contributed by atoms with van der Waals surface area (Å²) >= 11 is 0. The van der Waals surface area contributed by atoms with Gasteiger partial charge in [0.1, 0.15) is 0 Å². The van der Waals surface area contributed by atoms with Crippen LogP contribution in [0.15, 0.2) is 72.8 Å². The second-order valence-corrected chi connectivity index (χ2v) is 7.91. The molecule has 0 atom stereocenters. The maximum Gasteiger partial charge on any atom is 0.0179 e. The van der Waals surface area contributed by atoms with Crippen LogP contribution < -0.4 is 0 Å². The summed E-state index contributed by atoms with van der Waals surface area (Å²) in [6, 6.07) is 26.9. The van der Waals surface area contributed by atoms with Crippen LogP contribution in [0.1, 0.15) is 27.8 Å². The molecule has 0 spiro atoms. The van der Waals surface area contributed by atoms with Crippen molar-refractivity contribution in [1.29, 1.82) is 0 Å². The number of hydrogen-bond donors (Lipinski definition) is 0. The first kappa shape index (κ1) is 15.2. The van der Waals surface area contributed by atoms with E-state index in [4.69, 9.17) is 0 Å². The van der Waals surface area contributed by atoms with Crippen molar-refractivity contribution in [3.63, 3.8) is 0 Å². The molecule has 118 valence electrons. The number of fused-ring (bicyclic) bond motifs is 2. The molecule has 4 rings (SSSR count). The predicted molar refractivity (Wildman–Crippen MR) is 109 cm³/mol. The van der Waals surface area contributed by atoms with Crippen LogP contribution in [0.3, 0.4) is 0 Å².